The zero-order valence-electron chi connectivity index (χ0n) is 11.6. The summed E-state index contributed by atoms with van der Waals surface area (Å²) >= 11 is 1.54. The van der Waals surface area contributed by atoms with Crippen molar-refractivity contribution in [1.29, 1.82) is 0 Å². The van der Waals surface area contributed by atoms with Crippen LogP contribution < -0.4 is 10.1 Å². The zero-order valence-corrected chi connectivity index (χ0v) is 12.4. The van der Waals surface area contributed by atoms with Gasteiger partial charge < -0.3 is 10.1 Å². The first kappa shape index (κ1) is 14.9. The van der Waals surface area contributed by atoms with E-state index in [1.165, 1.54) is 0 Å². The highest BCUT2D eigenvalue weighted by Gasteiger charge is 2.19. The molecular formula is C14H21NO2S. The van der Waals surface area contributed by atoms with Gasteiger partial charge >= 0.3 is 0 Å². The number of benzene rings is 1. The van der Waals surface area contributed by atoms with Gasteiger partial charge in [-0.3, -0.25) is 4.79 Å². The SMILES string of the molecule is COc1ccc(S[C@H](C)C(=O)NC(C)(C)C)cc1. The predicted octanol–water partition coefficient (Wildman–Crippen LogP) is 3.09. The molecule has 0 spiro atoms. The Balaban J connectivity index is 2.58. The summed E-state index contributed by atoms with van der Waals surface area (Å²) in [5, 5.41) is 2.86. The smallest absolute Gasteiger partial charge is 0.233 e. The Morgan fingerprint density at radius 3 is 2.28 bits per heavy atom. The lowest BCUT2D eigenvalue weighted by atomic mass is 10.1. The molecule has 0 heterocycles. The minimum atomic E-state index is -0.189. The van der Waals surface area contributed by atoms with Gasteiger partial charge in [-0.25, -0.2) is 0 Å². The molecule has 100 valence electrons. The molecule has 0 bridgehead atoms. The van der Waals surface area contributed by atoms with E-state index in [9.17, 15) is 4.79 Å². The molecule has 0 aromatic heterocycles. The van der Waals surface area contributed by atoms with Crippen LogP contribution in [0.15, 0.2) is 29.2 Å². The second kappa shape index (κ2) is 6.14. The van der Waals surface area contributed by atoms with Crippen LogP contribution in [-0.2, 0) is 4.79 Å². The summed E-state index contributed by atoms with van der Waals surface area (Å²) in [6.45, 7) is 7.86. The highest BCUT2D eigenvalue weighted by Crippen LogP contribution is 2.25. The molecule has 1 N–H and O–H groups in total. The number of hydrogen-bond donors (Lipinski definition) is 1. The molecular weight excluding hydrogens is 246 g/mol. The normalized spacial score (nSPS) is 12.9. The second-order valence-electron chi connectivity index (χ2n) is 5.17. The van der Waals surface area contributed by atoms with E-state index < -0.39 is 0 Å². The largest absolute Gasteiger partial charge is 0.497 e. The van der Waals surface area contributed by atoms with Crippen molar-refractivity contribution < 1.29 is 9.53 Å². The van der Waals surface area contributed by atoms with Crippen molar-refractivity contribution in [2.24, 2.45) is 0 Å². The monoisotopic (exact) mass is 267 g/mol. The van der Waals surface area contributed by atoms with Crippen LogP contribution in [0.3, 0.4) is 0 Å². The third-order valence-electron chi connectivity index (χ3n) is 2.24. The highest BCUT2D eigenvalue weighted by atomic mass is 32.2. The first-order valence-electron chi connectivity index (χ1n) is 5.94. The summed E-state index contributed by atoms with van der Waals surface area (Å²) in [7, 11) is 1.64. The fourth-order valence-electron chi connectivity index (χ4n) is 1.38. The van der Waals surface area contributed by atoms with Crippen molar-refractivity contribution in [3.8, 4) is 5.75 Å². The number of amides is 1. The fourth-order valence-corrected chi connectivity index (χ4v) is 2.25. The molecule has 18 heavy (non-hydrogen) atoms. The molecule has 0 saturated heterocycles. The number of carbonyl (C=O) groups excluding carboxylic acids is 1. The van der Waals surface area contributed by atoms with Crippen molar-refractivity contribution >= 4 is 17.7 Å². The van der Waals surface area contributed by atoms with Crippen LogP contribution in [0.2, 0.25) is 0 Å². The maximum Gasteiger partial charge on any atom is 0.233 e. The zero-order chi connectivity index (χ0) is 13.8. The number of carbonyl (C=O) groups is 1. The third-order valence-corrected chi connectivity index (χ3v) is 3.35. The van der Waals surface area contributed by atoms with E-state index >= 15 is 0 Å². The molecule has 1 rings (SSSR count). The summed E-state index contributed by atoms with van der Waals surface area (Å²) in [5.41, 5.74) is -0.189. The van der Waals surface area contributed by atoms with Gasteiger partial charge in [-0.05, 0) is 52.0 Å². The summed E-state index contributed by atoms with van der Waals surface area (Å²) in [4.78, 5) is 13.0. The van der Waals surface area contributed by atoms with Crippen LogP contribution in [0.4, 0.5) is 0 Å². The van der Waals surface area contributed by atoms with Gasteiger partial charge in [0.2, 0.25) is 5.91 Å². The Kier molecular flexibility index (Phi) is 5.08. The van der Waals surface area contributed by atoms with Crippen LogP contribution in [-0.4, -0.2) is 23.8 Å². The molecule has 0 unspecified atom stereocenters. The van der Waals surface area contributed by atoms with Gasteiger partial charge in [0, 0.05) is 10.4 Å². The molecule has 0 aliphatic rings. The summed E-state index contributed by atoms with van der Waals surface area (Å²) in [5.74, 6) is 0.884. The van der Waals surface area contributed by atoms with Crippen LogP contribution in [0.25, 0.3) is 0 Å². The standard InChI is InChI=1S/C14H21NO2S/c1-10(13(16)15-14(2,3)4)18-12-8-6-11(17-5)7-9-12/h6-10H,1-5H3,(H,15,16)/t10-/m1/s1. The van der Waals surface area contributed by atoms with Gasteiger partial charge in [-0.1, -0.05) is 0 Å². The maximum atomic E-state index is 11.9. The first-order valence-corrected chi connectivity index (χ1v) is 6.82. The minimum Gasteiger partial charge on any atom is -0.497 e. The molecule has 1 aromatic rings. The van der Waals surface area contributed by atoms with Gasteiger partial charge in [-0.15, -0.1) is 11.8 Å². The molecule has 1 aromatic carbocycles. The lowest BCUT2D eigenvalue weighted by Crippen LogP contribution is -2.44. The molecule has 0 aliphatic carbocycles. The van der Waals surface area contributed by atoms with Crippen LogP contribution in [0.1, 0.15) is 27.7 Å². The van der Waals surface area contributed by atoms with Crippen molar-refractivity contribution in [2.45, 2.75) is 43.4 Å². The molecule has 0 radical (unpaired) electrons. The van der Waals surface area contributed by atoms with Gasteiger partial charge in [0.05, 0.1) is 12.4 Å². The van der Waals surface area contributed by atoms with Crippen LogP contribution >= 0.6 is 11.8 Å². The van der Waals surface area contributed by atoms with E-state index in [2.05, 4.69) is 5.32 Å². The Morgan fingerprint density at radius 1 is 1.28 bits per heavy atom. The number of thioether (sulfide) groups is 1. The lowest BCUT2D eigenvalue weighted by Gasteiger charge is -2.23. The molecule has 3 nitrogen and oxygen atoms in total. The number of nitrogens with one attached hydrogen (secondary N) is 1. The van der Waals surface area contributed by atoms with Gasteiger partial charge in [0.15, 0.2) is 0 Å². The Labute approximate surface area is 113 Å². The third kappa shape index (κ3) is 5.00. The maximum absolute atomic E-state index is 11.9. The van der Waals surface area contributed by atoms with Crippen molar-refractivity contribution in [3.05, 3.63) is 24.3 Å². The summed E-state index contributed by atoms with van der Waals surface area (Å²) in [6, 6.07) is 7.72. The molecule has 4 heteroatoms. The van der Waals surface area contributed by atoms with Crippen molar-refractivity contribution in [3.63, 3.8) is 0 Å². The quantitative estimate of drug-likeness (QED) is 0.852. The fraction of sp³-hybridized carbons (Fsp3) is 0.500. The van der Waals surface area contributed by atoms with E-state index in [1.807, 2.05) is 52.0 Å². The second-order valence-corrected chi connectivity index (χ2v) is 6.59. The van der Waals surface area contributed by atoms with Crippen molar-refractivity contribution in [2.75, 3.05) is 7.11 Å². The van der Waals surface area contributed by atoms with Gasteiger partial charge in [0.1, 0.15) is 5.75 Å². The lowest BCUT2D eigenvalue weighted by molar-refractivity contribution is -0.121. The molecule has 0 fully saturated rings. The van der Waals surface area contributed by atoms with E-state index in [0.29, 0.717) is 0 Å². The Hall–Kier alpha value is -1.16. The predicted molar refractivity (Wildman–Crippen MR) is 76.2 cm³/mol. The average molecular weight is 267 g/mol. The topological polar surface area (TPSA) is 38.3 Å². The molecule has 0 saturated carbocycles. The van der Waals surface area contributed by atoms with Crippen LogP contribution in [0.5, 0.6) is 5.75 Å². The van der Waals surface area contributed by atoms with Crippen molar-refractivity contribution in [1.82, 2.24) is 5.32 Å². The number of hydrogen-bond acceptors (Lipinski definition) is 3. The van der Waals surface area contributed by atoms with E-state index in [4.69, 9.17) is 4.74 Å². The van der Waals surface area contributed by atoms with Gasteiger partial charge in [-0.2, -0.15) is 0 Å². The number of methoxy groups -OCH3 is 1. The Morgan fingerprint density at radius 2 is 1.83 bits per heavy atom. The van der Waals surface area contributed by atoms with Crippen LogP contribution in [0, 0.1) is 0 Å². The van der Waals surface area contributed by atoms with E-state index in [-0.39, 0.29) is 16.7 Å². The van der Waals surface area contributed by atoms with Gasteiger partial charge in [0.25, 0.3) is 0 Å². The summed E-state index contributed by atoms with van der Waals surface area (Å²) < 4.78 is 5.10. The number of ether oxygens (including phenoxy) is 1. The average Bonchev–Trinajstić information content (AvgIpc) is 2.27. The van der Waals surface area contributed by atoms with E-state index in [0.717, 1.165) is 10.6 Å². The minimum absolute atomic E-state index is 0.0586. The molecule has 0 aliphatic heterocycles. The molecule has 1 amide bonds. The Bertz CT molecular complexity index is 395. The number of rotatable bonds is 4. The molecule has 1 atom stereocenters. The first-order chi connectivity index (χ1) is 8.31. The summed E-state index contributed by atoms with van der Waals surface area (Å²) in [6.07, 6.45) is 0. The van der Waals surface area contributed by atoms with E-state index in [1.54, 1.807) is 18.9 Å². The highest BCUT2D eigenvalue weighted by molar-refractivity contribution is 8.00.